The molecule has 0 unspecified atom stereocenters. The highest BCUT2D eigenvalue weighted by Crippen LogP contribution is 2.22. The summed E-state index contributed by atoms with van der Waals surface area (Å²) in [5.74, 6) is 0.0858. The Kier molecular flexibility index (Phi) is 5.74. The van der Waals surface area contributed by atoms with E-state index in [1.54, 1.807) is 18.2 Å². The molecule has 0 spiro atoms. The van der Waals surface area contributed by atoms with Gasteiger partial charge in [-0.15, -0.1) is 0 Å². The molecule has 0 aliphatic rings. The van der Waals surface area contributed by atoms with E-state index in [0.29, 0.717) is 11.4 Å². The highest BCUT2D eigenvalue weighted by molar-refractivity contribution is 5.95. The van der Waals surface area contributed by atoms with E-state index in [1.165, 1.54) is 7.11 Å². The molecule has 2 aromatic rings. The van der Waals surface area contributed by atoms with Gasteiger partial charge in [0.2, 0.25) is 11.8 Å². The zero-order valence-corrected chi connectivity index (χ0v) is 13.3. The number of carbonyl (C=O) groups excluding carboxylic acids is 2. The molecule has 2 rings (SSSR count). The average molecular weight is 312 g/mol. The molecule has 0 saturated heterocycles. The number of carbonyl (C=O) groups is 2. The van der Waals surface area contributed by atoms with Gasteiger partial charge in [-0.25, -0.2) is 0 Å². The van der Waals surface area contributed by atoms with Crippen molar-refractivity contribution in [2.24, 2.45) is 0 Å². The Labute approximate surface area is 135 Å². The van der Waals surface area contributed by atoms with Crippen LogP contribution in [0.5, 0.6) is 5.75 Å². The number of benzene rings is 2. The molecular formula is C18H20N2O3. The van der Waals surface area contributed by atoms with Crippen LogP contribution in [0.1, 0.15) is 11.1 Å². The third kappa shape index (κ3) is 5.14. The van der Waals surface area contributed by atoms with E-state index in [4.69, 9.17) is 4.74 Å². The molecule has 0 aliphatic heterocycles. The molecule has 0 radical (unpaired) electrons. The SMILES string of the molecule is COc1ccccc1NC(=O)CNC(=O)Cc1ccc(C)cc1. The summed E-state index contributed by atoms with van der Waals surface area (Å²) in [6, 6.07) is 14.8. The van der Waals surface area contributed by atoms with Crippen molar-refractivity contribution >= 4 is 17.5 Å². The first-order valence-electron chi connectivity index (χ1n) is 7.33. The number of aryl methyl sites for hydroxylation is 1. The summed E-state index contributed by atoms with van der Waals surface area (Å²) >= 11 is 0. The fraction of sp³-hybridized carbons (Fsp3) is 0.222. The predicted octanol–water partition coefficient (Wildman–Crippen LogP) is 2.30. The van der Waals surface area contributed by atoms with Crippen molar-refractivity contribution in [3.05, 3.63) is 59.7 Å². The lowest BCUT2D eigenvalue weighted by Crippen LogP contribution is -2.33. The lowest BCUT2D eigenvalue weighted by molar-refractivity contribution is -0.123. The van der Waals surface area contributed by atoms with Gasteiger partial charge >= 0.3 is 0 Å². The number of anilines is 1. The highest BCUT2D eigenvalue weighted by Gasteiger charge is 2.09. The number of nitrogens with one attached hydrogen (secondary N) is 2. The Bertz CT molecular complexity index is 681. The molecule has 0 aromatic heterocycles. The molecule has 5 heteroatoms. The summed E-state index contributed by atoms with van der Waals surface area (Å²) in [5.41, 5.74) is 2.64. The van der Waals surface area contributed by atoms with E-state index < -0.39 is 0 Å². The van der Waals surface area contributed by atoms with Crippen LogP contribution >= 0.6 is 0 Å². The van der Waals surface area contributed by atoms with Gasteiger partial charge in [0, 0.05) is 0 Å². The van der Waals surface area contributed by atoms with Gasteiger partial charge < -0.3 is 15.4 Å². The molecule has 120 valence electrons. The van der Waals surface area contributed by atoms with Gasteiger partial charge in [0.15, 0.2) is 0 Å². The fourth-order valence-electron chi connectivity index (χ4n) is 2.07. The first kappa shape index (κ1) is 16.5. The van der Waals surface area contributed by atoms with E-state index >= 15 is 0 Å². The third-order valence-corrected chi connectivity index (χ3v) is 3.31. The molecular weight excluding hydrogens is 292 g/mol. The standard InChI is InChI=1S/C18H20N2O3/c1-13-7-9-14(10-8-13)11-17(21)19-12-18(22)20-15-5-3-4-6-16(15)23-2/h3-10H,11-12H2,1-2H3,(H,19,21)(H,20,22). The van der Waals surface area contributed by atoms with Crippen molar-refractivity contribution in [3.8, 4) is 5.75 Å². The summed E-state index contributed by atoms with van der Waals surface area (Å²) in [7, 11) is 1.54. The number of hydrogen-bond acceptors (Lipinski definition) is 3. The van der Waals surface area contributed by atoms with Gasteiger partial charge in [-0.1, -0.05) is 42.0 Å². The molecule has 2 N–H and O–H groups in total. The molecule has 0 saturated carbocycles. The summed E-state index contributed by atoms with van der Waals surface area (Å²) in [4.78, 5) is 23.8. The van der Waals surface area contributed by atoms with Crippen LogP contribution in [0, 0.1) is 6.92 Å². The molecule has 0 aliphatic carbocycles. The van der Waals surface area contributed by atoms with Crippen molar-refractivity contribution in [2.45, 2.75) is 13.3 Å². The van der Waals surface area contributed by atoms with Gasteiger partial charge in [-0.2, -0.15) is 0 Å². The zero-order valence-electron chi connectivity index (χ0n) is 13.3. The molecule has 0 heterocycles. The molecule has 23 heavy (non-hydrogen) atoms. The fourth-order valence-corrected chi connectivity index (χ4v) is 2.07. The maximum absolute atomic E-state index is 11.9. The smallest absolute Gasteiger partial charge is 0.243 e. The number of methoxy groups -OCH3 is 1. The maximum atomic E-state index is 11.9. The second kappa shape index (κ2) is 7.98. The topological polar surface area (TPSA) is 67.4 Å². The van der Waals surface area contributed by atoms with Gasteiger partial charge in [-0.3, -0.25) is 9.59 Å². The van der Waals surface area contributed by atoms with Crippen LogP contribution in [0.2, 0.25) is 0 Å². The highest BCUT2D eigenvalue weighted by atomic mass is 16.5. The van der Waals surface area contributed by atoms with Crippen molar-refractivity contribution in [1.29, 1.82) is 0 Å². The van der Waals surface area contributed by atoms with Crippen LogP contribution in [0.15, 0.2) is 48.5 Å². The van der Waals surface area contributed by atoms with Gasteiger partial charge in [0.25, 0.3) is 0 Å². The van der Waals surface area contributed by atoms with E-state index in [0.717, 1.165) is 11.1 Å². The molecule has 0 atom stereocenters. The Morgan fingerprint density at radius 1 is 1.00 bits per heavy atom. The Balaban J connectivity index is 1.82. The monoisotopic (exact) mass is 312 g/mol. The predicted molar refractivity (Wildman–Crippen MR) is 89.5 cm³/mol. The second-order valence-corrected chi connectivity index (χ2v) is 5.19. The second-order valence-electron chi connectivity index (χ2n) is 5.19. The molecule has 2 aromatic carbocycles. The normalized spacial score (nSPS) is 10.0. The quantitative estimate of drug-likeness (QED) is 0.860. The van der Waals surface area contributed by atoms with Gasteiger partial charge in [-0.05, 0) is 24.6 Å². The van der Waals surface area contributed by atoms with Crippen molar-refractivity contribution in [1.82, 2.24) is 5.32 Å². The van der Waals surface area contributed by atoms with Crippen LogP contribution < -0.4 is 15.4 Å². The summed E-state index contributed by atoms with van der Waals surface area (Å²) < 4.78 is 5.16. The van der Waals surface area contributed by atoms with E-state index in [9.17, 15) is 9.59 Å². The Morgan fingerprint density at radius 3 is 2.39 bits per heavy atom. The number of rotatable bonds is 6. The van der Waals surface area contributed by atoms with Crippen molar-refractivity contribution in [3.63, 3.8) is 0 Å². The van der Waals surface area contributed by atoms with Gasteiger partial charge in [0.05, 0.1) is 25.8 Å². The lowest BCUT2D eigenvalue weighted by Gasteiger charge is -2.10. The number of hydrogen-bond donors (Lipinski definition) is 2. The number of amides is 2. The minimum Gasteiger partial charge on any atom is -0.495 e. The van der Waals surface area contributed by atoms with Crippen LogP contribution in [0.4, 0.5) is 5.69 Å². The van der Waals surface area contributed by atoms with Gasteiger partial charge in [0.1, 0.15) is 5.75 Å². The zero-order chi connectivity index (χ0) is 16.7. The van der Waals surface area contributed by atoms with E-state index in [1.807, 2.05) is 37.3 Å². The molecule has 2 amide bonds. The van der Waals surface area contributed by atoms with Crippen LogP contribution in [0.3, 0.4) is 0 Å². The van der Waals surface area contributed by atoms with Crippen LogP contribution in [-0.2, 0) is 16.0 Å². The molecule has 5 nitrogen and oxygen atoms in total. The minimum atomic E-state index is -0.299. The Hall–Kier alpha value is -2.82. The number of ether oxygens (including phenoxy) is 1. The lowest BCUT2D eigenvalue weighted by atomic mass is 10.1. The molecule has 0 fully saturated rings. The van der Waals surface area contributed by atoms with Crippen LogP contribution in [0.25, 0.3) is 0 Å². The van der Waals surface area contributed by atoms with E-state index in [2.05, 4.69) is 10.6 Å². The summed E-state index contributed by atoms with van der Waals surface area (Å²) in [6.07, 6.45) is 0.252. The summed E-state index contributed by atoms with van der Waals surface area (Å²) in [5, 5.41) is 5.32. The minimum absolute atomic E-state index is 0.0806. The largest absolute Gasteiger partial charge is 0.495 e. The first-order chi connectivity index (χ1) is 11.1. The third-order valence-electron chi connectivity index (χ3n) is 3.31. The number of para-hydroxylation sites is 2. The van der Waals surface area contributed by atoms with Crippen molar-refractivity contribution in [2.75, 3.05) is 19.0 Å². The molecule has 0 bridgehead atoms. The van der Waals surface area contributed by atoms with Crippen LogP contribution in [-0.4, -0.2) is 25.5 Å². The van der Waals surface area contributed by atoms with Crippen molar-refractivity contribution < 1.29 is 14.3 Å². The maximum Gasteiger partial charge on any atom is 0.243 e. The first-order valence-corrected chi connectivity index (χ1v) is 7.33. The summed E-state index contributed by atoms with van der Waals surface area (Å²) in [6.45, 7) is 1.91. The Morgan fingerprint density at radius 2 is 1.70 bits per heavy atom. The van der Waals surface area contributed by atoms with E-state index in [-0.39, 0.29) is 24.8 Å². The average Bonchev–Trinajstić information content (AvgIpc) is 2.55.